The fraction of sp³-hybridized carbons (Fsp3) is 0.500. The second-order valence-electron chi connectivity index (χ2n) is 4.99. The highest BCUT2D eigenvalue weighted by atomic mass is 32.2. The van der Waals surface area contributed by atoms with Crippen molar-refractivity contribution in [2.45, 2.75) is 32.1 Å². The summed E-state index contributed by atoms with van der Waals surface area (Å²) in [5.74, 6) is -0.729. The lowest BCUT2D eigenvalue weighted by atomic mass is 9.91. The Morgan fingerprint density at radius 2 is 2.00 bits per heavy atom. The zero-order chi connectivity index (χ0) is 14.0. The summed E-state index contributed by atoms with van der Waals surface area (Å²) in [4.78, 5) is -0.214. The van der Waals surface area contributed by atoms with Gasteiger partial charge in [0, 0.05) is 6.54 Å². The molecule has 0 aliphatic carbocycles. The van der Waals surface area contributed by atoms with E-state index in [0.717, 1.165) is 12.5 Å². The van der Waals surface area contributed by atoms with Gasteiger partial charge < -0.3 is 5.73 Å². The van der Waals surface area contributed by atoms with Gasteiger partial charge in [-0.2, -0.15) is 0 Å². The van der Waals surface area contributed by atoms with Crippen LogP contribution in [0.3, 0.4) is 0 Å². The van der Waals surface area contributed by atoms with Crippen molar-refractivity contribution in [1.29, 1.82) is 0 Å². The van der Waals surface area contributed by atoms with Crippen LogP contribution in [0.5, 0.6) is 0 Å². The molecule has 3 N–H and O–H groups in total. The third-order valence-electron chi connectivity index (χ3n) is 3.00. The zero-order valence-electron chi connectivity index (χ0n) is 10.8. The molecule has 0 aliphatic heterocycles. The highest BCUT2D eigenvalue weighted by Crippen LogP contribution is 2.23. The molecule has 102 valence electrons. The van der Waals surface area contributed by atoms with E-state index in [2.05, 4.69) is 4.72 Å². The number of hydrogen-bond acceptors (Lipinski definition) is 3. The fourth-order valence-corrected chi connectivity index (χ4v) is 2.63. The largest absolute Gasteiger partial charge is 0.395 e. The fourth-order valence-electron chi connectivity index (χ4n) is 1.24. The molecule has 0 heterocycles. The summed E-state index contributed by atoms with van der Waals surface area (Å²) in [5.41, 5.74) is 4.94. The van der Waals surface area contributed by atoms with Gasteiger partial charge in [0.15, 0.2) is 0 Å². The monoisotopic (exact) mass is 274 g/mol. The van der Waals surface area contributed by atoms with Crippen LogP contribution in [0, 0.1) is 11.2 Å². The predicted molar refractivity (Wildman–Crippen MR) is 70.1 cm³/mol. The first-order valence-electron chi connectivity index (χ1n) is 5.73. The van der Waals surface area contributed by atoms with Crippen LogP contribution in [0.1, 0.15) is 27.2 Å². The first kappa shape index (κ1) is 14.9. The van der Waals surface area contributed by atoms with Crippen molar-refractivity contribution in [2.24, 2.45) is 5.41 Å². The Hall–Kier alpha value is -1.14. The second-order valence-corrected chi connectivity index (χ2v) is 6.73. The minimum atomic E-state index is -3.77. The Bertz CT molecular complexity index is 527. The van der Waals surface area contributed by atoms with Crippen LogP contribution < -0.4 is 10.5 Å². The van der Waals surface area contributed by atoms with Gasteiger partial charge in [0.1, 0.15) is 10.7 Å². The Kier molecular flexibility index (Phi) is 4.34. The van der Waals surface area contributed by atoms with Crippen molar-refractivity contribution in [2.75, 3.05) is 12.3 Å². The number of benzene rings is 1. The van der Waals surface area contributed by atoms with Crippen molar-refractivity contribution < 1.29 is 12.8 Å². The highest BCUT2D eigenvalue weighted by molar-refractivity contribution is 7.89. The van der Waals surface area contributed by atoms with Crippen LogP contribution >= 0.6 is 0 Å². The Morgan fingerprint density at radius 3 is 2.56 bits per heavy atom. The van der Waals surface area contributed by atoms with Gasteiger partial charge in [-0.05, 0) is 24.0 Å². The summed E-state index contributed by atoms with van der Waals surface area (Å²) in [7, 11) is -3.77. The Balaban J connectivity index is 2.98. The Labute approximate surface area is 107 Å². The molecule has 1 rings (SSSR count). The number of halogens is 1. The molecule has 6 heteroatoms. The summed E-state index contributed by atoms with van der Waals surface area (Å²) in [5, 5.41) is 0. The molecule has 0 aromatic heterocycles. The van der Waals surface area contributed by atoms with Crippen LogP contribution in [0.15, 0.2) is 23.1 Å². The molecular weight excluding hydrogens is 255 g/mol. The first-order chi connectivity index (χ1) is 8.19. The number of nitrogens with one attached hydrogen (secondary N) is 1. The van der Waals surface area contributed by atoms with Crippen molar-refractivity contribution >= 4 is 15.7 Å². The van der Waals surface area contributed by atoms with Crippen molar-refractivity contribution in [3.05, 3.63) is 24.0 Å². The average Bonchev–Trinajstić information content (AvgIpc) is 2.30. The van der Waals surface area contributed by atoms with Gasteiger partial charge in [-0.3, -0.25) is 0 Å². The maximum absolute atomic E-state index is 13.2. The van der Waals surface area contributed by atoms with Gasteiger partial charge >= 0.3 is 0 Å². The van der Waals surface area contributed by atoms with Gasteiger partial charge in [0.05, 0.1) is 5.69 Å². The Morgan fingerprint density at radius 1 is 1.39 bits per heavy atom. The molecule has 0 unspecified atom stereocenters. The SMILES string of the molecule is CCC(C)(C)CNS(=O)(=O)c1cccc(F)c1N. The van der Waals surface area contributed by atoms with Crippen LogP contribution in [0.4, 0.5) is 10.1 Å². The van der Waals surface area contributed by atoms with Gasteiger partial charge in [-0.25, -0.2) is 17.5 Å². The molecular formula is C12H19FN2O2S. The summed E-state index contributed by atoms with van der Waals surface area (Å²) in [6.45, 7) is 6.15. The lowest BCUT2D eigenvalue weighted by Crippen LogP contribution is -2.34. The van der Waals surface area contributed by atoms with E-state index < -0.39 is 15.8 Å². The maximum atomic E-state index is 13.2. The molecule has 0 fully saturated rings. The number of nitrogen functional groups attached to an aromatic ring is 1. The predicted octanol–water partition coefficient (Wildman–Crippen LogP) is 2.12. The normalized spacial score (nSPS) is 12.7. The lowest BCUT2D eigenvalue weighted by molar-refractivity contribution is 0.350. The van der Waals surface area contributed by atoms with E-state index in [1.165, 1.54) is 12.1 Å². The van der Waals surface area contributed by atoms with Crippen LogP contribution in [-0.4, -0.2) is 15.0 Å². The van der Waals surface area contributed by atoms with E-state index in [9.17, 15) is 12.8 Å². The van der Waals surface area contributed by atoms with Gasteiger partial charge in [0.2, 0.25) is 10.0 Å². The van der Waals surface area contributed by atoms with Gasteiger partial charge in [-0.1, -0.05) is 26.8 Å². The summed E-state index contributed by atoms with van der Waals surface area (Å²) < 4.78 is 39.7. The molecule has 1 aromatic carbocycles. The molecule has 0 amide bonds. The molecule has 0 spiro atoms. The average molecular weight is 274 g/mol. The van der Waals surface area contributed by atoms with Crippen LogP contribution in [0.2, 0.25) is 0 Å². The lowest BCUT2D eigenvalue weighted by Gasteiger charge is -2.23. The molecule has 0 atom stereocenters. The number of rotatable bonds is 5. The molecule has 0 saturated carbocycles. The maximum Gasteiger partial charge on any atom is 0.242 e. The molecule has 0 radical (unpaired) electrons. The third kappa shape index (κ3) is 3.43. The number of para-hydroxylation sites is 1. The molecule has 1 aromatic rings. The molecule has 18 heavy (non-hydrogen) atoms. The van der Waals surface area contributed by atoms with Gasteiger partial charge in [0.25, 0.3) is 0 Å². The second kappa shape index (κ2) is 5.24. The molecule has 4 nitrogen and oxygen atoms in total. The van der Waals surface area contributed by atoms with E-state index in [-0.39, 0.29) is 22.5 Å². The van der Waals surface area contributed by atoms with E-state index in [1.54, 1.807) is 0 Å². The number of sulfonamides is 1. The van der Waals surface area contributed by atoms with Crippen molar-refractivity contribution in [3.63, 3.8) is 0 Å². The zero-order valence-corrected chi connectivity index (χ0v) is 11.6. The van der Waals surface area contributed by atoms with Crippen molar-refractivity contribution in [1.82, 2.24) is 4.72 Å². The smallest absolute Gasteiger partial charge is 0.242 e. The molecule has 0 aliphatic rings. The topological polar surface area (TPSA) is 72.2 Å². The summed E-state index contributed by atoms with van der Waals surface area (Å²) >= 11 is 0. The van der Waals surface area contributed by atoms with Crippen LogP contribution in [-0.2, 0) is 10.0 Å². The van der Waals surface area contributed by atoms with E-state index >= 15 is 0 Å². The van der Waals surface area contributed by atoms with E-state index in [1.807, 2.05) is 20.8 Å². The quantitative estimate of drug-likeness (QED) is 0.808. The number of anilines is 1. The van der Waals surface area contributed by atoms with Gasteiger partial charge in [-0.15, -0.1) is 0 Å². The number of hydrogen-bond donors (Lipinski definition) is 2. The minimum absolute atomic E-state index is 0.158. The summed E-state index contributed by atoms with van der Waals surface area (Å²) in [6, 6.07) is 3.75. The van der Waals surface area contributed by atoms with E-state index in [0.29, 0.717) is 0 Å². The molecule has 0 saturated heterocycles. The minimum Gasteiger partial charge on any atom is -0.395 e. The highest BCUT2D eigenvalue weighted by Gasteiger charge is 2.23. The standard InChI is InChI=1S/C12H19FN2O2S/c1-4-12(2,3)8-15-18(16,17)10-7-5-6-9(13)11(10)14/h5-7,15H,4,8,14H2,1-3H3. The first-order valence-corrected chi connectivity index (χ1v) is 7.21. The molecule has 0 bridgehead atoms. The number of nitrogens with two attached hydrogens (primary N) is 1. The summed E-state index contributed by atoms with van der Waals surface area (Å²) in [6.07, 6.45) is 0.828. The third-order valence-corrected chi connectivity index (χ3v) is 4.46. The van der Waals surface area contributed by atoms with Crippen molar-refractivity contribution in [3.8, 4) is 0 Å². The van der Waals surface area contributed by atoms with Crippen LogP contribution in [0.25, 0.3) is 0 Å². The van der Waals surface area contributed by atoms with E-state index in [4.69, 9.17) is 5.73 Å².